The Kier molecular flexibility index (Phi) is 4.88. The van der Waals surface area contributed by atoms with Gasteiger partial charge in [0.2, 0.25) is 0 Å². The molecule has 0 fully saturated rings. The van der Waals surface area contributed by atoms with Crippen LogP contribution in [0.3, 0.4) is 0 Å². The first kappa shape index (κ1) is 19.3. The zero-order valence-electron chi connectivity index (χ0n) is 16.1. The summed E-state index contributed by atoms with van der Waals surface area (Å²) in [7, 11) is 1.65. The number of fused-ring (bicyclic) bond motifs is 1. The fraction of sp³-hybridized carbons (Fsp3) is 0.261. The van der Waals surface area contributed by atoms with Crippen LogP contribution in [0, 0.1) is 5.41 Å². The molecule has 0 unspecified atom stereocenters. The number of ether oxygens (including phenoxy) is 1. The molecule has 4 rings (SSSR count). The quantitative estimate of drug-likeness (QED) is 0.436. The van der Waals surface area contributed by atoms with Gasteiger partial charge in [0.1, 0.15) is 5.75 Å². The molecule has 1 heterocycles. The summed E-state index contributed by atoms with van der Waals surface area (Å²) in [6, 6.07) is 15.7. The fourth-order valence-corrected chi connectivity index (χ4v) is 4.39. The first-order valence-corrected chi connectivity index (χ1v) is 10.3. The Labute approximate surface area is 178 Å². The van der Waals surface area contributed by atoms with E-state index in [-0.39, 0.29) is 11.2 Å². The standard InChI is InChI=1S/C23H21BrClNO2/c1-23(2)12-20-17(21(27)13-23)11-18(14-4-6-15(24)7-5-14)26(20)19-10-16(25)8-9-22(19)28-3/h4-11H,12-13H2,1-3H3. The average molecular weight is 459 g/mol. The van der Waals surface area contributed by atoms with E-state index >= 15 is 0 Å². The molecule has 0 atom stereocenters. The predicted octanol–water partition coefficient (Wildman–Crippen LogP) is 6.72. The number of Topliss-reactive ketones (excluding diaryl/α,β-unsaturated/α-hetero) is 1. The average Bonchev–Trinajstić information content (AvgIpc) is 3.00. The van der Waals surface area contributed by atoms with Gasteiger partial charge >= 0.3 is 0 Å². The van der Waals surface area contributed by atoms with Crippen molar-refractivity contribution in [2.24, 2.45) is 5.41 Å². The first-order valence-electron chi connectivity index (χ1n) is 9.17. The number of carbonyl (C=O) groups is 1. The lowest BCUT2D eigenvalue weighted by atomic mass is 9.76. The van der Waals surface area contributed by atoms with Gasteiger partial charge in [-0.3, -0.25) is 4.79 Å². The number of methoxy groups -OCH3 is 1. The van der Waals surface area contributed by atoms with E-state index in [4.69, 9.17) is 16.3 Å². The summed E-state index contributed by atoms with van der Waals surface area (Å²) in [6.07, 6.45) is 1.36. The Morgan fingerprint density at radius 3 is 2.46 bits per heavy atom. The molecule has 2 aromatic carbocycles. The van der Waals surface area contributed by atoms with Crippen molar-refractivity contribution in [3.05, 3.63) is 69.3 Å². The number of halogens is 2. The van der Waals surface area contributed by atoms with Crippen molar-refractivity contribution in [3.63, 3.8) is 0 Å². The van der Waals surface area contributed by atoms with E-state index in [1.165, 1.54) is 0 Å². The maximum atomic E-state index is 12.9. The van der Waals surface area contributed by atoms with Gasteiger partial charge < -0.3 is 9.30 Å². The molecule has 0 amide bonds. The SMILES string of the molecule is COc1ccc(Cl)cc1-n1c(-c2ccc(Br)cc2)cc2c1CC(C)(C)CC2=O. The second-order valence-corrected chi connectivity index (χ2v) is 9.34. The van der Waals surface area contributed by atoms with Crippen LogP contribution in [0.1, 0.15) is 36.3 Å². The largest absolute Gasteiger partial charge is 0.495 e. The van der Waals surface area contributed by atoms with E-state index in [9.17, 15) is 4.79 Å². The monoisotopic (exact) mass is 457 g/mol. The van der Waals surface area contributed by atoms with Crippen LogP contribution in [0.5, 0.6) is 5.75 Å². The van der Waals surface area contributed by atoms with E-state index in [1.54, 1.807) is 7.11 Å². The Bertz CT molecular complexity index is 1070. The Balaban J connectivity index is 2.04. The van der Waals surface area contributed by atoms with Gasteiger partial charge in [0, 0.05) is 27.2 Å². The van der Waals surface area contributed by atoms with Gasteiger partial charge in [-0.25, -0.2) is 0 Å². The molecule has 0 saturated carbocycles. The number of aromatic nitrogens is 1. The Morgan fingerprint density at radius 2 is 1.79 bits per heavy atom. The molecular formula is C23H21BrClNO2. The highest BCUT2D eigenvalue weighted by molar-refractivity contribution is 9.10. The lowest BCUT2D eigenvalue weighted by Crippen LogP contribution is -2.27. The third-order valence-electron chi connectivity index (χ3n) is 5.21. The maximum Gasteiger partial charge on any atom is 0.165 e. The maximum absolute atomic E-state index is 12.9. The number of carbonyl (C=O) groups excluding carboxylic acids is 1. The predicted molar refractivity (Wildman–Crippen MR) is 117 cm³/mol. The van der Waals surface area contributed by atoms with Crippen LogP contribution in [-0.4, -0.2) is 17.5 Å². The van der Waals surface area contributed by atoms with Crippen molar-refractivity contribution < 1.29 is 9.53 Å². The van der Waals surface area contributed by atoms with E-state index in [1.807, 2.05) is 48.5 Å². The molecule has 0 aliphatic heterocycles. The molecule has 28 heavy (non-hydrogen) atoms. The van der Waals surface area contributed by atoms with Gasteiger partial charge in [-0.2, -0.15) is 0 Å². The minimum atomic E-state index is -0.0943. The lowest BCUT2D eigenvalue weighted by molar-refractivity contribution is 0.0911. The lowest BCUT2D eigenvalue weighted by Gasteiger charge is -2.30. The molecule has 0 saturated heterocycles. The molecule has 3 aromatic rings. The van der Waals surface area contributed by atoms with Crippen LogP contribution < -0.4 is 4.74 Å². The molecule has 0 bridgehead atoms. The van der Waals surface area contributed by atoms with Crippen molar-refractivity contribution in [1.82, 2.24) is 4.57 Å². The van der Waals surface area contributed by atoms with E-state index in [2.05, 4.69) is 34.3 Å². The molecule has 1 aliphatic carbocycles. The van der Waals surface area contributed by atoms with Crippen LogP contribution in [0.15, 0.2) is 53.0 Å². The normalized spacial score (nSPS) is 15.4. The summed E-state index contributed by atoms with van der Waals surface area (Å²) >= 11 is 9.83. The zero-order chi connectivity index (χ0) is 20.1. The van der Waals surface area contributed by atoms with E-state index in [0.717, 1.165) is 44.8 Å². The Morgan fingerprint density at radius 1 is 1.07 bits per heavy atom. The smallest absolute Gasteiger partial charge is 0.165 e. The van der Waals surface area contributed by atoms with Crippen molar-refractivity contribution in [1.29, 1.82) is 0 Å². The minimum absolute atomic E-state index is 0.0943. The van der Waals surface area contributed by atoms with Crippen LogP contribution in [0.2, 0.25) is 5.02 Å². The summed E-state index contributed by atoms with van der Waals surface area (Å²) in [5.41, 5.74) is 4.55. The molecular weight excluding hydrogens is 438 g/mol. The second-order valence-electron chi connectivity index (χ2n) is 7.99. The van der Waals surface area contributed by atoms with E-state index < -0.39 is 0 Å². The molecule has 0 spiro atoms. The summed E-state index contributed by atoms with van der Waals surface area (Å²) in [5.74, 6) is 0.904. The van der Waals surface area contributed by atoms with Gasteiger partial charge in [-0.1, -0.05) is 53.5 Å². The number of ketones is 1. The van der Waals surface area contributed by atoms with Crippen molar-refractivity contribution in [3.8, 4) is 22.7 Å². The number of hydrogen-bond acceptors (Lipinski definition) is 2. The highest BCUT2D eigenvalue weighted by Crippen LogP contribution is 2.42. The highest BCUT2D eigenvalue weighted by atomic mass is 79.9. The van der Waals surface area contributed by atoms with Gasteiger partial charge in [-0.15, -0.1) is 0 Å². The number of benzene rings is 2. The summed E-state index contributed by atoms with van der Waals surface area (Å²) in [6.45, 7) is 4.28. The van der Waals surface area contributed by atoms with Crippen LogP contribution in [0.4, 0.5) is 0 Å². The minimum Gasteiger partial charge on any atom is -0.495 e. The van der Waals surface area contributed by atoms with Gasteiger partial charge in [-0.05, 0) is 53.8 Å². The number of rotatable bonds is 3. The summed E-state index contributed by atoms with van der Waals surface area (Å²) in [5, 5.41) is 0.626. The van der Waals surface area contributed by atoms with Crippen LogP contribution in [-0.2, 0) is 6.42 Å². The molecule has 3 nitrogen and oxygen atoms in total. The van der Waals surface area contributed by atoms with Gasteiger partial charge in [0.15, 0.2) is 5.78 Å². The van der Waals surface area contributed by atoms with Crippen LogP contribution in [0.25, 0.3) is 16.9 Å². The molecule has 144 valence electrons. The van der Waals surface area contributed by atoms with Crippen molar-refractivity contribution in [2.45, 2.75) is 26.7 Å². The number of nitrogens with zero attached hydrogens (tertiary/aromatic N) is 1. The molecule has 0 N–H and O–H groups in total. The first-order chi connectivity index (χ1) is 13.3. The molecule has 1 aliphatic rings. The fourth-order valence-electron chi connectivity index (χ4n) is 3.96. The molecule has 5 heteroatoms. The second kappa shape index (κ2) is 7.09. The van der Waals surface area contributed by atoms with E-state index in [0.29, 0.717) is 11.4 Å². The molecule has 0 radical (unpaired) electrons. The van der Waals surface area contributed by atoms with Crippen LogP contribution >= 0.6 is 27.5 Å². The molecule has 1 aromatic heterocycles. The summed E-state index contributed by atoms with van der Waals surface area (Å²) < 4.78 is 8.78. The highest BCUT2D eigenvalue weighted by Gasteiger charge is 2.35. The number of hydrogen-bond donors (Lipinski definition) is 0. The van der Waals surface area contributed by atoms with Gasteiger partial charge in [0.05, 0.1) is 18.5 Å². The van der Waals surface area contributed by atoms with Gasteiger partial charge in [0.25, 0.3) is 0 Å². The third-order valence-corrected chi connectivity index (χ3v) is 5.97. The topological polar surface area (TPSA) is 31.2 Å². The third kappa shape index (κ3) is 3.40. The summed E-state index contributed by atoms with van der Waals surface area (Å²) in [4.78, 5) is 12.9. The Hall–Kier alpha value is -2.04. The van der Waals surface area contributed by atoms with Crippen molar-refractivity contribution in [2.75, 3.05) is 7.11 Å². The zero-order valence-corrected chi connectivity index (χ0v) is 18.4. The van der Waals surface area contributed by atoms with Crippen molar-refractivity contribution >= 4 is 33.3 Å².